The molecule has 0 fully saturated rings. The zero-order valence-electron chi connectivity index (χ0n) is 29.9. The van der Waals surface area contributed by atoms with Crippen LogP contribution in [0.3, 0.4) is 0 Å². The Morgan fingerprint density at radius 3 is 1.09 bits per heavy atom. The van der Waals surface area contributed by atoms with Crippen molar-refractivity contribution in [3.63, 3.8) is 0 Å². The highest BCUT2D eigenvalue weighted by molar-refractivity contribution is 5.81. The molecule has 0 spiro atoms. The van der Waals surface area contributed by atoms with E-state index in [9.17, 15) is 19.8 Å². The van der Waals surface area contributed by atoms with Crippen molar-refractivity contribution in [3.8, 4) is 0 Å². The number of rotatable bonds is 35. The van der Waals surface area contributed by atoms with E-state index in [0.29, 0.717) is 19.3 Å². The van der Waals surface area contributed by atoms with Crippen LogP contribution < -0.4 is 5.32 Å². The van der Waals surface area contributed by atoms with Gasteiger partial charge in [-0.05, 0) is 25.7 Å². The molecule has 0 rings (SSSR count). The third-order valence-electron chi connectivity index (χ3n) is 9.61. The molecule has 0 aromatic rings. The van der Waals surface area contributed by atoms with E-state index in [4.69, 9.17) is 0 Å². The van der Waals surface area contributed by atoms with Gasteiger partial charge in [-0.3, -0.25) is 4.79 Å². The monoisotopic (exact) mass is 624 g/mol. The van der Waals surface area contributed by atoms with Crippen molar-refractivity contribution in [2.24, 2.45) is 0 Å². The summed E-state index contributed by atoms with van der Waals surface area (Å²) in [6.07, 6.45) is 37.5. The molecule has 2 unspecified atom stereocenters. The molecule has 0 aromatic carbocycles. The van der Waals surface area contributed by atoms with Gasteiger partial charge in [0.05, 0.1) is 6.04 Å². The van der Waals surface area contributed by atoms with Crippen molar-refractivity contribution >= 4 is 11.9 Å². The lowest BCUT2D eigenvalue weighted by molar-refractivity contribution is -0.163. The highest BCUT2D eigenvalue weighted by Crippen LogP contribution is 2.24. The van der Waals surface area contributed by atoms with Crippen molar-refractivity contribution in [1.29, 1.82) is 0 Å². The SMILES string of the molecule is CCCCCCCCCCCCCCCCCC(=O)NC(CC)C(O)(CCCCCCCCCCCCCCCC)C(=O)O. The van der Waals surface area contributed by atoms with Crippen LogP contribution in [-0.4, -0.2) is 33.7 Å². The van der Waals surface area contributed by atoms with E-state index >= 15 is 0 Å². The second-order valence-electron chi connectivity index (χ2n) is 13.8. The van der Waals surface area contributed by atoms with E-state index < -0.39 is 17.6 Å². The van der Waals surface area contributed by atoms with E-state index in [1.54, 1.807) is 0 Å². The summed E-state index contributed by atoms with van der Waals surface area (Å²) >= 11 is 0. The highest BCUT2D eigenvalue weighted by Gasteiger charge is 2.43. The van der Waals surface area contributed by atoms with E-state index in [2.05, 4.69) is 19.2 Å². The normalized spacial score (nSPS) is 13.5. The van der Waals surface area contributed by atoms with Crippen molar-refractivity contribution in [2.45, 2.75) is 238 Å². The first-order chi connectivity index (χ1) is 21.4. The van der Waals surface area contributed by atoms with E-state index in [-0.39, 0.29) is 12.3 Å². The predicted octanol–water partition coefficient (Wildman–Crippen LogP) is 11.8. The van der Waals surface area contributed by atoms with Crippen molar-refractivity contribution < 1.29 is 19.8 Å². The van der Waals surface area contributed by atoms with Gasteiger partial charge in [0.1, 0.15) is 0 Å². The number of carbonyl (C=O) groups excluding carboxylic acids is 1. The molecular weight excluding hydrogens is 546 g/mol. The second-order valence-corrected chi connectivity index (χ2v) is 13.8. The molecular formula is C39H77NO4. The fourth-order valence-corrected chi connectivity index (χ4v) is 6.50. The third-order valence-corrected chi connectivity index (χ3v) is 9.61. The molecule has 1 amide bonds. The van der Waals surface area contributed by atoms with Gasteiger partial charge in [-0.2, -0.15) is 0 Å². The Morgan fingerprint density at radius 2 is 0.795 bits per heavy atom. The molecule has 44 heavy (non-hydrogen) atoms. The summed E-state index contributed by atoms with van der Waals surface area (Å²) in [6.45, 7) is 6.37. The van der Waals surface area contributed by atoms with Gasteiger partial charge in [0.2, 0.25) is 5.91 Å². The van der Waals surface area contributed by atoms with Crippen molar-refractivity contribution in [2.75, 3.05) is 0 Å². The van der Waals surface area contributed by atoms with Gasteiger partial charge in [-0.1, -0.05) is 194 Å². The molecule has 3 N–H and O–H groups in total. The first kappa shape index (κ1) is 42.9. The summed E-state index contributed by atoms with van der Waals surface area (Å²) < 4.78 is 0. The zero-order valence-corrected chi connectivity index (χ0v) is 29.9. The molecule has 5 nitrogen and oxygen atoms in total. The molecule has 0 aliphatic rings. The minimum absolute atomic E-state index is 0.132. The van der Waals surface area contributed by atoms with Crippen molar-refractivity contribution in [3.05, 3.63) is 0 Å². The van der Waals surface area contributed by atoms with Crippen LogP contribution in [0, 0.1) is 0 Å². The summed E-state index contributed by atoms with van der Waals surface area (Å²) in [6, 6.07) is -0.745. The topological polar surface area (TPSA) is 86.6 Å². The molecule has 0 aromatic heterocycles. The predicted molar refractivity (Wildman–Crippen MR) is 189 cm³/mol. The first-order valence-electron chi connectivity index (χ1n) is 19.7. The third kappa shape index (κ3) is 25.1. The number of nitrogens with one attached hydrogen (secondary N) is 1. The standard InChI is InChI=1S/C39H77NO4/c1-4-7-9-11-13-15-17-19-21-22-24-26-28-30-32-34-37(41)40-36(6-3)39(44,38(42)43)35-33-31-29-27-25-23-20-18-16-14-12-10-8-5-2/h36,44H,4-35H2,1-3H3,(H,40,41)(H,42,43). The first-order valence-corrected chi connectivity index (χ1v) is 19.7. The van der Waals surface area contributed by atoms with Gasteiger partial charge in [0.15, 0.2) is 5.60 Å². The van der Waals surface area contributed by atoms with Crippen LogP contribution in [0.5, 0.6) is 0 Å². The molecule has 2 atom stereocenters. The van der Waals surface area contributed by atoms with Gasteiger partial charge in [-0.15, -0.1) is 0 Å². The quantitative estimate of drug-likeness (QED) is 0.0613. The summed E-state index contributed by atoms with van der Waals surface area (Å²) in [5.74, 6) is -1.35. The number of hydrogen-bond donors (Lipinski definition) is 3. The van der Waals surface area contributed by atoms with Gasteiger partial charge in [0.25, 0.3) is 0 Å². The Hall–Kier alpha value is -1.10. The molecule has 5 heteroatoms. The van der Waals surface area contributed by atoms with Gasteiger partial charge in [0, 0.05) is 6.42 Å². The van der Waals surface area contributed by atoms with Gasteiger partial charge >= 0.3 is 5.97 Å². The number of hydrogen-bond acceptors (Lipinski definition) is 3. The zero-order chi connectivity index (χ0) is 32.6. The highest BCUT2D eigenvalue weighted by atomic mass is 16.4. The Morgan fingerprint density at radius 1 is 0.500 bits per heavy atom. The van der Waals surface area contributed by atoms with E-state index in [1.807, 2.05) is 6.92 Å². The fraction of sp³-hybridized carbons (Fsp3) is 0.949. The molecule has 0 bridgehead atoms. The number of aliphatic carboxylic acids is 1. The Bertz CT molecular complexity index is 640. The van der Waals surface area contributed by atoms with Gasteiger partial charge in [-0.25, -0.2) is 4.79 Å². The van der Waals surface area contributed by atoms with Crippen LogP contribution in [0.25, 0.3) is 0 Å². The minimum Gasteiger partial charge on any atom is -0.479 e. The van der Waals surface area contributed by atoms with Crippen LogP contribution >= 0.6 is 0 Å². The summed E-state index contributed by atoms with van der Waals surface area (Å²) in [7, 11) is 0. The number of carboxylic acids is 1. The van der Waals surface area contributed by atoms with Crippen LogP contribution in [0.1, 0.15) is 226 Å². The smallest absolute Gasteiger partial charge is 0.337 e. The molecule has 262 valence electrons. The lowest BCUT2D eigenvalue weighted by Crippen LogP contribution is -2.57. The molecule has 0 aliphatic heterocycles. The summed E-state index contributed by atoms with van der Waals surface area (Å²) in [5, 5.41) is 23.8. The second kappa shape index (κ2) is 31.9. The maximum Gasteiger partial charge on any atom is 0.337 e. The lowest BCUT2D eigenvalue weighted by atomic mass is 9.86. The van der Waals surface area contributed by atoms with Crippen LogP contribution in [0.2, 0.25) is 0 Å². The maximum absolute atomic E-state index is 12.6. The molecule has 0 heterocycles. The van der Waals surface area contributed by atoms with E-state index in [1.165, 1.54) is 148 Å². The molecule has 0 saturated carbocycles. The molecule has 0 radical (unpaired) electrons. The molecule has 0 saturated heterocycles. The average molecular weight is 624 g/mol. The van der Waals surface area contributed by atoms with Crippen LogP contribution in [0.15, 0.2) is 0 Å². The van der Waals surface area contributed by atoms with Crippen molar-refractivity contribution in [1.82, 2.24) is 5.32 Å². The number of amides is 1. The Kier molecular flexibility index (Phi) is 31.1. The minimum atomic E-state index is -1.89. The summed E-state index contributed by atoms with van der Waals surface area (Å²) in [4.78, 5) is 24.7. The number of carbonyl (C=O) groups is 2. The van der Waals surface area contributed by atoms with E-state index in [0.717, 1.165) is 32.1 Å². The number of carboxylic acid groups (broad SMARTS) is 1. The average Bonchev–Trinajstić information content (AvgIpc) is 3.01. The fourth-order valence-electron chi connectivity index (χ4n) is 6.50. The Balaban J connectivity index is 3.91. The maximum atomic E-state index is 12.6. The summed E-state index contributed by atoms with van der Waals surface area (Å²) in [5.41, 5.74) is -1.89. The largest absolute Gasteiger partial charge is 0.479 e. The van der Waals surface area contributed by atoms with Gasteiger partial charge < -0.3 is 15.5 Å². The number of unbranched alkanes of at least 4 members (excludes halogenated alkanes) is 27. The Labute approximate surface area is 274 Å². The number of aliphatic hydroxyl groups is 1. The lowest BCUT2D eigenvalue weighted by Gasteiger charge is -2.32. The van der Waals surface area contributed by atoms with Crippen LogP contribution in [-0.2, 0) is 9.59 Å². The molecule has 0 aliphatic carbocycles. The van der Waals surface area contributed by atoms with Crippen LogP contribution in [0.4, 0.5) is 0 Å².